The minimum atomic E-state index is -0.739. The van der Waals surface area contributed by atoms with Crippen LogP contribution in [0.25, 0.3) is 0 Å². The smallest absolute Gasteiger partial charge is 0.194 e. The van der Waals surface area contributed by atoms with Gasteiger partial charge < -0.3 is 24.8 Å². The van der Waals surface area contributed by atoms with Crippen LogP contribution in [0, 0.1) is 5.92 Å². The summed E-state index contributed by atoms with van der Waals surface area (Å²) in [5.41, 5.74) is 2.00. The van der Waals surface area contributed by atoms with Gasteiger partial charge in [0, 0.05) is 38.9 Å². The maximum atomic E-state index is 10.7. The van der Waals surface area contributed by atoms with E-state index in [9.17, 15) is 5.11 Å². The van der Waals surface area contributed by atoms with Crippen LogP contribution in [0.15, 0.2) is 35.6 Å². The van der Waals surface area contributed by atoms with E-state index in [1.54, 1.807) is 20.3 Å². The van der Waals surface area contributed by atoms with Crippen molar-refractivity contribution in [3.8, 4) is 11.5 Å². The normalized spacial score (nSPS) is 17.3. The largest absolute Gasteiger partial charge is 0.497 e. The first-order chi connectivity index (χ1) is 14.5. The Balaban J connectivity index is 0.00000341. The number of aliphatic imine (C=N–C) groups is 1. The van der Waals surface area contributed by atoms with Gasteiger partial charge in [0.25, 0.3) is 0 Å². The summed E-state index contributed by atoms with van der Waals surface area (Å²) in [6, 6.07) is 5.42. The lowest BCUT2D eigenvalue weighted by Gasteiger charge is -2.22. The Morgan fingerprint density at radius 2 is 2.00 bits per heavy atom. The molecule has 2 heterocycles. The quantitative estimate of drug-likeness (QED) is 0.303. The standard InChI is InChI=1S/C22H33N5O3.HI/c1-5-23-22(27-7-6-16(15-27)8-17-12-25-26(2)14-17)24-13-21(28)18-9-19(29-3)11-20(10-18)30-4;/h9-12,14,16,21,28H,5-8,13,15H2,1-4H3,(H,23,24);1H. The number of guanidine groups is 1. The van der Waals surface area contributed by atoms with Crippen molar-refractivity contribution < 1.29 is 14.6 Å². The van der Waals surface area contributed by atoms with Crippen LogP contribution >= 0.6 is 24.0 Å². The Kier molecular flexibility index (Phi) is 9.89. The summed E-state index contributed by atoms with van der Waals surface area (Å²) in [6.07, 6.45) is 5.43. The molecule has 9 heteroatoms. The molecule has 1 aromatic carbocycles. The number of nitrogens with one attached hydrogen (secondary N) is 1. The maximum absolute atomic E-state index is 10.7. The van der Waals surface area contributed by atoms with E-state index in [1.165, 1.54) is 5.56 Å². The monoisotopic (exact) mass is 543 g/mol. The third-order valence-electron chi connectivity index (χ3n) is 5.38. The number of ether oxygens (including phenoxy) is 2. The number of halogens is 1. The topological polar surface area (TPSA) is 84.1 Å². The number of hydrogen-bond donors (Lipinski definition) is 2. The first-order valence-electron chi connectivity index (χ1n) is 10.4. The zero-order valence-corrected chi connectivity index (χ0v) is 21.1. The minimum absolute atomic E-state index is 0. The van der Waals surface area contributed by atoms with Crippen molar-refractivity contribution in [2.24, 2.45) is 18.0 Å². The van der Waals surface area contributed by atoms with Crippen LogP contribution in [-0.4, -0.2) is 66.1 Å². The first-order valence-corrected chi connectivity index (χ1v) is 10.4. The van der Waals surface area contributed by atoms with Crippen LogP contribution in [0.4, 0.5) is 0 Å². The average Bonchev–Trinajstić information content (AvgIpc) is 3.39. The Morgan fingerprint density at radius 3 is 2.58 bits per heavy atom. The van der Waals surface area contributed by atoms with Crippen LogP contribution in [0.1, 0.15) is 30.6 Å². The summed E-state index contributed by atoms with van der Waals surface area (Å²) in [7, 11) is 5.15. The van der Waals surface area contributed by atoms with Crippen molar-refractivity contribution >= 4 is 29.9 Å². The number of aromatic nitrogens is 2. The predicted molar refractivity (Wildman–Crippen MR) is 132 cm³/mol. The fraction of sp³-hybridized carbons (Fsp3) is 0.545. The van der Waals surface area contributed by atoms with Crippen molar-refractivity contribution in [1.82, 2.24) is 20.0 Å². The zero-order valence-electron chi connectivity index (χ0n) is 18.7. The van der Waals surface area contributed by atoms with E-state index in [-0.39, 0.29) is 30.5 Å². The van der Waals surface area contributed by atoms with Gasteiger partial charge in [-0.1, -0.05) is 0 Å². The molecule has 3 rings (SSSR count). The highest BCUT2D eigenvalue weighted by atomic mass is 127. The number of nitrogens with zero attached hydrogens (tertiary/aromatic N) is 4. The number of methoxy groups -OCH3 is 2. The number of aliphatic hydroxyl groups excluding tert-OH is 1. The zero-order chi connectivity index (χ0) is 21.5. The van der Waals surface area contributed by atoms with E-state index in [2.05, 4.69) is 28.4 Å². The predicted octanol–water partition coefficient (Wildman–Crippen LogP) is 2.62. The van der Waals surface area contributed by atoms with E-state index in [0.29, 0.717) is 17.4 Å². The van der Waals surface area contributed by atoms with Crippen LogP contribution in [0.3, 0.4) is 0 Å². The Morgan fingerprint density at radius 1 is 1.29 bits per heavy atom. The van der Waals surface area contributed by atoms with Gasteiger partial charge in [-0.3, -0.25) is 9.67 Å². The molecule has 1 aromatic heterocycles. The third-order valence-corrected chi connectivity index (χ3v) is 5.38. The molecule has 0 saturated carbocycles. The van der Waals surface area contributed by atoms with Gasteiger partial charge in [-0.05, 0) is 48.9 Å². The van der Waals surface area contributed by atoms with E-state index in [1.807, 2.05) is 30.1 Å². The third kappa shape index (κ3) is 6.99. The molecule has 1 fully saturated rings. The molecule has 0 spiro atoms. The Labute approximate surface area is 201 Å². The summed E-state index contributed by atoms with van der Waals surface area (Å²) in [5, 5.41) is 18.3. The number of rotatable bonds is 8. The lowest BCUT2D eigenvalue weighted by atomic mass is 10.0. The van der Waals surface area contributed by atoms with Gasteiger partial charge in [0.2, 0.25) is 0 Å². The lowest BCUT2D eigenvalue weighted by molar-refractivity contribution is 0.185. The molecule has 2 N–H and O–H groups in total. The van der Waals surface area contributed by atoms with Crippen LogP contribution < -0.4 is 14.8 Å². The second-order valence-electron chi connectivity index (χ2n) is 7.68. The number of likely N-dealkylation sites (tertiary alicyclic amines) is 1. The molecule has 1 saturated heterocycles. The van der Waals surface area contributed by atoms with Crippen molar-refractivity contribution in [3.05, 3.63) is 41.7 Å². The SMILES string of the molecule is CCNC(=NCC(O)c1cc(OC)cc(OC)c1)N1CCC(Cc2cnn(C)c2)C1.I. The first kappa shape index (κ1) is 25.3. The summed E-state index contributed by atoms with van der Waals surface area (Å²) in [4.78, 5) is 6.99. The molecule has 2 aromatic rings. The van der Waals surface area contributed by atoms with E-state index in [4.69, 9.17) is 14.5 Å². The van der Waals surface area contributed by atoms with Gasteiger partial charge >= 0.3 is 0 Å². The van der Waals surface area contributed by atoms with E-state index >= 15 is 0 Å². The van der Waals surface area contributed by atoms with Gasteiger partial charge in [0.05, 0.1) is 33.1 Å². The molecule has 8 nitrogen and oxygen atoms in total. The number of benzene rings is 1. The highest BCUT2D eigenvalue weighted by molar-refractivity contribution is 14.0. The van der Waals surface area contributed by atoms with Crippen LogP contribution in [0.5, 0.6) is 11.5 Å². The second-order valence-corrected chi connectivity index (χ2v) is 7.68. The van der Waals surface area contributed by atoms with Crippen molar-refractivity contribution in [1.29, 1.82) is 0 Å². The van der Waals surface area contributed by atoms with Gasteiger partial charge in [0.1, 0.15) is 11.5 Å². The van der Waals surface area contributed by atoms with E-state index in [0.717, 1.165) is 44.0 Å². The van der Waals surface area contributed by atoms with Crippen LogP contribution in [0.2, 0.25) is 0 Å². The minimum Gasteiger partial charge on any atom is -0.497 e. The summed E-state index contributed by atoms with van der Waals surface area (Å²) >= 11 is 0. The highest BCUT2D eigenvalue weighted by Crippen LogP contribution is 2.27. The van der Waals surface area contributed by atoms with Gasteiger partial charge in [-0.15, -0.1) is 24.0 Å². The molecule has 1 aliphatic heterocycles. The van der Waals surface area contributed by atoms with E-state index < -0.39 is 6.10 Å². The van der Waals surface area contributed by atoms with Crippen molar-refractivity contribution in [2.75, 3.05) is 40.4 Å². The average molecular weight is 543 g/mol. The molecule has 0 amide bonds. The highest BCUT2D eigenvalue weighted by Gasteiger charge is 2.25. The maximum Gasteiger partial charge on any atom is 0.194 e. The molecule has 172 valence electrons. The van der Waals surface area contributed by atoms with Crippen LogP contribution in [-0.2, 0) is 13.5 Å². The molecule has 0 aliphatic carbocycles. The molecule has 31 heavy (non-hydrogen) atoms. The molecule has 0 radical (unpaired) electrons. The number of aryl methyl sites for hydroxylation is 1. The molecular weight excluding hydrogens is 509 g/mol. The van der Waals surface area contributed by atoms with Gasteiger partial charge in [-0.25, -0.2) is 0 Å². The summed E-state index contributed by atoms with van der Waals surface area (Å²) < 4.78 is 12.5. The number of hydrogen-bond acceptors (Lipinski definition) is 5. The van der Waals surface area contributed by atoms with Gasteiger partial charge in [0.15, 0.2) is 5.96 Å². The summed E-state index contributed by atoms with van der Waals surface area (Å²) in [5.74, 6) is 2.72. The summed E-state index contributed by atoms with van der Waals surface area (Å²) in [6.45, 7) is 5.01. The second kappa shape index (κ2) is 12.1. The number of aliphatic hydroxyl groups is 1. The lowest BCUT2D eigenvalue weighted by Crippen LogP contribution is -2.40. The van der Waals surface area contributed by atoms with Crippen molar-refractivity contribution in [2.45, 2.75) is 25.9 Å². The molecule has 2 unspecified atom stereocenters. The Bertz CT molecular complexity index is 835. The Hall–Kier alpha value is -2.01. The molecule has 1 aliphatic rings. The molecule has 0 bridgehead atoms. The molecule has 2 atom stereocenters. The fourth-order valence-corrected chi connectivity index (χ4v) is 3.83. The van der Waals surface area contributed by atoms with Gasteiger partial charge in [-0.2, -0.15) is 5.10 Å². The molecular formula is C22H34IN5O3. The van der Waals surface area contributed by atoms with Crippen molar-refractivity contribution in [3.63, 3.8) is 0 Å². The fourth-order valence-electron chi connectivity index (χ4n) is 3.83.